The van der Waals surface area contributed by atoms with Crippen LogP contribution in [-0.2, 0) is 32.0 Å². The summed E-state index contributed by atoms with van der Waals surface area (Å²) in [6.45, 7) is 0.187. The zero-order chi connectivity index (χ0) is 28.8. The number of carbonyl (C=O) groups excluding carboxylic acids is 3. The number of aromatic nitrogens is 2. The Morgan fingerprint density at radius 2 is 1.62 bits per heavy atom. The Balaban J connectivity index is 2.06. The minimum absolute atomic E-state index is 0.0152. The van der Waals surface area contributed by atoms with Crippen molar-refractivity contribution in [3.8, 4) is 0 Å². The molecule has 2 rings (SSSR count). The van der Waals surface area contributed by atoms with Gasteiger partial charge < -0.3 is 43.2 Å². The number of thiol groups is 1. The lowest BCUT2D eigenvalue weighted by atomic mass is 10.1. The fourth-order valence-electron chi connectivity index (χ4n) is 3.56. The molecule has 0 aliphatic carbocycles. The predicted octanol–water partition coefficient (Wildman–Crippen LogP) is -1.96. The molecule has 0 saturated carbocycles. The molecule has 15 heteroatoms. The van der Waals surface area contributed by atoms with E-state index < -0.39 is 47.9 Å². The minimum atomic E-state index is -1.26. The maximum absolute atomic E-state index is 13.1. The van der Waals surface area contributed by atoms with Crippen LogP contribution in [0.25, 0.3) is 0 Å². The maximum atomic E-state index is 13.1. The van der Waals surface area contributed by atoms with Crippen LogP contribution in [0.5, 0.6) is 0 Å². The summed E-state index contributed by atoms with van der Waals surface area (Å²) in [5.41, 5.74) is 17.9. The molecule has 212 valence electrons. The van der Waals surface area contributed by atoms with Gasteiger partial charge in [0.05, 0.1) is 12.4 Å². The topological polar surface area (TPSA) is 244 Å². The number of hydrogen-bond acceptors (Lipinski definition) is 8. The van der Waals surface area contributed by atoms with Crippen LogP contribution in [-0.4, -0.2) is 81.2 Å². The first-order valence-corrected chi connectivity index (χ1v) is 12.8. The maximum Gasteiger partial charge on any atom is 0.326 e. The first kappa shape index (κ1) is 31.1. The summed E-state index contributed by atoms with van der Waals surface area (Å²) in [5.74, 6) is -3.44. The Morgan fingerprint density at radius 1 is 0.974 bits per heavy atom. The van der Waals surface area contributed by atoms with Crippen molar-refractivity contribution in [3.05, 3.63) is 54.1 Å². The number of hydrogen-bond donors (Lipinski definition) is 9. The highest BCUT2D eigenvalue weighted by Crippen LogP contribution is 2.05. The molecule has 4 atom stereocenters. The number of aromatic amines is 1. The molecule has 0 fully saturated rings. The molecule has 39 heavy (non-hydrogen) atoms. The van der Waals surface area contributed by atoms with Crippen molar-refractivity contribution < 1.29 is 24.3 Å². The quantitative estimate of drug-likeness (QED) is 0.0477. The zero-order valence-electron chi connectivity index (χ0n) is 21.2. The van der Waals surface area contributed by atoms with E-state index in [-0.39, 0.29) is 37.5 Å². The number of nitrogens with two attached hydrogens (primary N) is 3. The summed E-state index contributed by atoms with van der Waals surface area (Å²) in [6.07, 6.45) is 3.47. The van der Waals surface area contributed by atoms with E-state index in [4.69, 9.17) is 17.2 Å². The van der Waals surface area contributed by atoms with Crippen LogP contribution in [0, 0.1) is 0 Å². The van der Waals surface area contributed by atoms with E-state index >= 15 is 0 Å². The van der Waals surface area contributed by atoms with Crippen molar-refractivity contribution in [2.24, 2.45) is 22.2 Å². The van der Waals surface area contributed by atoms with Crippen LogP contribution < -0.4 is 33.2 Å². The second-order valence-electron chi connectivity index (χ2n) is 8.73. The van der Waals surface area contributed by atoms with Gasteiger partial charge in [-0.2, -0.15) is 12.6 Å². The van der Waals surface area contributed by atoms with Gasteiger partial charge in [0.2, 0.25) is 17.7 Å². The lowest BCUT2D eigenvalue weighted by Crippen LogP contribution is -2.58. The number of amides is 3. The van der Waals surface area contributed by atoms with Gasteiger partial charge >= 0.3 is 5.97 Å². The van der Waals surface area contributed by atoms with E-state index in [0.29, 0.717) is 12.1 Å². The van der Waals surface area contributed by atoms with Gasteiger partial charge in [-0.3, -0.25) is 19.4 Å². The van der Waals surface area contributed by atoms with Crippen molar-refractivity contribution >= 4 is 42.3 Å². The average Bonchev–Trinajstić information content (AvgIpc) is 3.41. The van der Waals surface area contributed by atoms with Gasteiger partial charge in [0.1, 0.15) is 18.1 Å². The molecule has 1 aromatic heterocycles. The van der Waals surface area contributed by atoms with Crippen molar-refractivity contribution in [3.63, 3.8) is 0 Å². The number of carbonyl (C=O) groups is 4. The average molecular weight is 562 g/mol. The number of aliphatic carboxylic acids is 1. The van der Waals surface area contributed by atoms with E-state index in [1.807, 2.05) is 30.3 Å². The number of nitrogens with one attached hydrogen (secondary N) is 4. The number of imidazole rings is 1. The summed E-state index contributed by atoms with van der Waals surface area (Å²) in [7, 11) is 0. The van der Waals surface area contributed by atoms with Crippen molar-refractivity contribution in [2.75, 3.05) is 12.3 Å². The third-order valence-corrected chi connectivity index (χ3v) is 5.99. The van der Waals surface area contributed by atoms with Crippen molar-refractivity contribution in [1.82, 2.24) is 25.9 Å². The number of benzene rings is 1. The number of rotatable bonds is 16. The third kappa shape index (κ3) is 11.0. The number of carboxylic acids is 1. The van der Waals surface area contributed by atoms with Crippen LogP contribution in [0.1, 0.15) is 24.1 Å². The van der Waals surface area contributed by atoms with Crippen LogP contribution >= 0.6 is 12.6 Å². The molecular formula is C24H35N9O5S. The standard InChI is InChI=1S/C24H35N9O5S/c25-16(9-14-5-2-1-3-6-14)20(34)33-19(12-39)22(36)32-18(10-15-11-28-13-30-15)21(35)31-17(23(37)38)7-4-8-29-24(26)27/h1-3,5-6,11,13,16-19,39H,4,7-10,12,25H2,(H,28,30)(H,31,35)(H,32,36)(H,33,34)(H,37,38)(H4,26,27,29). The third-order valence-electron chi connectivity index (χ3n) is 5.62. The van der Waals surface area contributed by atoms with Crippen LogP contribution in [0.2, 0.25) is 0 Å². The Kier molecular flexibility index (Phi) is 12.8. The van der Waals surface area contributed by atoms with E-state index in [1.54, 1.807) is 0 Å². The monoisotopic (exact) mass is 561 g/mol. The van der Waals surface area contributed by atoms with E-state index in [1.165, 1.54) is 12.5 Å². The Hall–Kier alpha value is -4.11. The van der Waals surface area contributed by atoms with E-state index in [2.05, 4.69) is 43.5 Å². The Labute approximate surface area is 231 Å². The Morgan fingerprint density at radius 3 is 2.21 bits per heavy atom. The SMILES string of the molecule is NC(N)=NCCCC(NC(=O)C(Cc1cnc[nH]1)NC(=O)C(CS)NC(=O)C(N)Cc1ccccc1)C(=O)O. The lowest BCUT2D eigenvalue weighted by Gasteiger charge is -2.24. The predicted molar refractivity (Wildman–Crippen MR) is 148 cm³/mol. The molecule has 0 aliphatic rings. The number of carboxylic acid groups (broad SMARTS) is 1. The minimum Gasteiger partial charge on any atom is -0.480 e. The summed E-state index contributed by atoms with van der Waals surface area (Å²) < 4.78 is 0. The highest BCUT2D eigenvalue weighted by Gasteiger charge is 2.30. The van der Waals surface area contributed by atoms with Gasteiger partial charge in [-0.25, -0.2) is 9.78 Å². The van der Waals surface area contributed by atoms with Gasteiger partial charge in [-0.15, -0.1) is 0 Å². The summed E-state index contributed by atoms with van der Waals surface area (Å²) in [6, 6.07) is 4.72. The molecule has 1 heterocycles. The molecule has 4 unspecified atom stereocenters. The van der Waals surface area contributed by atoms with Crippen LogP contribution in [0.3, 0.4) is 0 Å². The Bertz CT molecular complexity index is 1110. The molecule has 0 bridgehead atoms. The molecule has 0 saturated heterocycles. The second kappa shape index (κ2) is 16.0. The van der Waals surface area contributed by atoms with Gasteiger partial charge in [0.15, 0.2) is 5.96 Å². The second-order valence-corrected chi connectivity index (χ2v) is 9.10. The molecule has 11 N–H and O–H groups in total. The molecule has 2 aromatic rings. The number of aliphatic imine (C=N–C) groups is 1. The van der Waals surface area contributed by atoms with E-state index in [0.717, 1.165) is 5.56 Å². The van der Waals surface area contributed by atoms with Crippen LogP contribution in [0.4, 0.5) is 0 Å². The van der Waals surface area contributed by atoms with Crippen molar-refractivity contribution in [2.45, 2.75) is 49.9 Å². The summed E-state index contributed by atoms with van der Waals surface area (Å²) in [5, 5.41) is 17.1. The molecule has 0 radical (unpaired) electrons. The van der Waals surface area contributed by atoms with Gasteiger partial charge in [0.25, 0.3) is 0 Å². The lowest BCUT2D eigenvalue weighted by molar-refractivity contribution is -0.142. The van der Waals surface area contributed by atoms with Gasteiger partial charge in [-0.05, 0) is 24.8 Å². The first-order chi connectivity index (χ1) is 18.6. The fraction of sp³-hybridized carbons (Fsp3) is 0.417. The number of guanidine groups is 1. The highest BCUT2D eigenvalue weighted by molar-refractivity contribution is 7.80. The molecule has 14 nitrogen and oxygen atoms in total. The normalized spacial score (nSPS) is 13.8. The van der Waals surface area contributed by atoms with Gasteiger partial charge in [0, 0.05) is 30.6 Å². The summed E-state index contributed by atoms with van der Waals surface area (Å²) >= 11 is 4.17. The number of nitrogens with zero attached hydrogens (tertiary/aromatic N) is 2. The fourth-order valence-corrected chi connectivity index (χ4v) is 3.82. The number of H-pyrrole nitrogens is 1. The molecule has 3 amide bonds. The van der Waals surface area contributed by atoms with Crippen molar-refractivity contribution in [1.29, 1.82) is 0 Å². The smallest absolute Gasteiger partial charge is 0.326 e. The van der Waals surface area contributed by atoms with Crippen LogP contribution in [0.15, 0.2) is 47.8 Å². The van der Waals surface area contributed by atoms with E-state index in [9.17, 15) is 24.3 Å². The largest absolute Gasteiger partial charge is 0.480 e. The highest BCUT2D eigenvalue weighted by atomic mass is 32.1. The summed E-state index contributed by atoms with van der Waals surface area (Å²) in [4.78, 5) is 61.1. The molecular weight excluding hydrogens is 526 g/mol. The van der Waals surface area contributed by atoms with Gasteiger partial charge in [-0.1, -0.05) is 30.3 Å². The molecule has 1 aromatic carbocycles. The molecule has 0 aliphatic heterocycles. The first-order valence-electron chi connectivity index (χ1n) is 12.2. The molecule has 0 spiro atoms. The zero-order valence-corrected chi connectivity index (χ0v) is 22.1.